The number of carbonyl (C=O) groups is 12. The number of guanidine groups is 2. The number of amides is 11. The van der Waals surface area contributed by atoms with Crippen molar-refractivity contribution in [2.45, 2.75) is 192 Å². The van der Waals surface area contributed by atoms with Gasteiger partial charge in [-0.15, -0.1) is 0 Å². The van der Waals surface area contributed by atoms with Crippen molar-refractivity contribution in [3.8, 4) is 11.5 Å². The van der Waals surface area contributed by atoms with E-state index in [-0.39, 0.29) is 81.9 Å². The molecule has 0 saturated carbocycles. The van der Waals surface area contributed by atoms with Crippen LogP contribution < -0.4 is 87.2 Å². The van der Waals surface area contributed by atoms with E-state index in [0.717, 1.165) is 6.92 Å². The molecule has 95 heavy (non-hydrogen) atoms. The van der Waals surface area contributed by atoms with Crippen molar-refractivity contribution in [3.05, 3.63) is 59.7 Å². The summed E-state index contributed by atoms with van der Waals surface area (Å²) in [6.07, 6.45) is -3.61. The zero-order valence-corrected chi connectivity index (χ0v) is 54.7. The van der Waals surface area contributed by atoms with Gasteiger partial charge in [0.15, 0.2) is 11.9 Å². The predicted molar refractivity (Wildman–Crippen MR) is 347 cm³/mol. The first-order valence-electron chi connectivity index (χ1n) is 31.2. The summed E-state index contributed by atoms with van der Waals surface area (Å²) >= 11 is 0. The standard InChI is InChI=1S/C61H98N18O16/c1-8-31(5)47(77-50(85)38(62)27-34-14-18-36(81)19-15-34)56(91)75-43(29-46(64)84)54(89)74-42(26-30(3)4)55(90)78-48(32(6)9-2)57(92)79-49(33(7)80)58(93)73-40(13-11-25-70-61(67)68)51(86)72-41(22-23-45(63)83)53(88)71-39(12-10-24-69-60(65)66)52(87)76-44(59(94)95)28-35-16-20-37(82)21-17-35/h14-21,30-33,38-44,47-49,80-82H,8-13,22-29,62H2,1-7H3,(H2,63,83)(H2,64,84)(H,71,88)(H,72,86)(H,73,93)(H,74,89)(H,75,91)(H,76,87)(H,77,85)(H,78,90)(H,79,92)(H,94,95)(H4,65,66,69)(H4,67,68,70)/t31-,32-,33+,38-,39-,40-,41-,42-,43-,44-,47-,48-,49-/m0/s1. The lowest BCUT2D eigenvalue weighted by molar-refractivity contribution is -0.142. The summed E-state index contributed by atoms with van der Waals surface area (Å²) in [4.78, 5) is 164. The Bertz CT molecular complexity index is 2950. The monoisotopic (exact) mass is 1340 g/mol. The van der Waals surface area contributed by atoms with Gasteiger partial charge in [-0.3, -0.25) is 63.6 Å². The molecule has 0 aromatic heterocycles. The second kappa shape index (κ2) is 41.0. The highest BCUT2D eigenvalue weighted by atomic mass is 16.4. The van der Waals surface area contributed by atoms with Crippen LogP contribution in [0.5, 0.6) is 11.5 Å². The molecule has 27 N–H and O–H groups in total. The van der Waals surface area contributed by atoms with E-state index in [1.807, 2.05) is 0 Å². The number of phenolic OH excluding ortho intramolecular Hbond substituents is 2. The van der Waals surface area contributed by atoms with Crippen LogP contribution in [0.25, 0.3) is 0 Å². The molecule has 0 radical (unpaired) electrons. The normalized spacial score (nSPS) is 15.2. The molecule has 34 nitrogen and oxygen atoms in total. The molecule has 2 aromatic rings. The molecule has 0 heterocycles. The van der Waals surface area contributed by atoms with E-state index in [9.17, 15) is 78.0 Å². The van der Waals surface area contributed by atoms with E-state index >= 15 is 0 Å². The van der Waals surface area contributed by atoms with Crippen LogP contribution >= 0.6 is 0 Å². The maximum Gasteiger partial charge on any atom is 0.326 e. The number of aliphatic hydroxyl groups excluding tert-OH is 1. The fourth-order valence-corrected chi connectivity index (χ4v) is 9.49. The summed E-state index contributed by atoms with van der Waals surface area (Å²) in [5.41, 5.74) is 29.1. The number of aromatic hydroxyl groups is 2. The van der Waals surface area contributed by atoms with Crippen LogP contribution in [0.2, 0.25) is 0 Å². The molecule has 0 bridgehead atoms. The van der Waals surface area contributed by atoms with Gasteiger partial charge in [0, 0.05) is 25.9 Å². The maximum atomic E-state index is 14.4. The maximum absolute atomic E-state index is 14.4. The molecule has 11 amide bonds. The summed E-state index contributed by atoms with van der Waals surface area (Å²) in [7, 11) is 0. The Labute approximate surface area is 551 Å². The van der Waals surface area contributed by atoms with E-state index in [4.69, 9.17) is 39.5 Å². The lowest BCUT2D eigenvalue weighted by Gasteiger charge is -2.31. The molecule has 0 aliphatic carbocycles. The second-order valence-corrected chi connectivity index (χ2v) is 23.8. The number of aliphatic carboxylic acids is 1. The summed E-state index contributed by atoms with van der Waals surface area (Å²) in [5.74, 6) is -14.9. The Morgan fingerprint density at radius 1 is 0.453 bits per heavy atom. The predicted octanol–water partition coefficient (Wildman–Crippen LogP) is -4.16. The molecular formula is C61H98N18O16. The van der Waals surface area contributed by atoms with Crippen LogP contribution in [0.15, 0.2) is 48.5 Å². The average molecular weight is 1340 g/mol. The first-order valence-corrected chi connectivity index (χ1v) is 31.2. The molecule has 2 aromatic carbocycles. The fourth-order valence-electron chi connectivity index (χ4n) is 9.49. The quantitative estimate of drug-likeness (QED) is 0.0170. The number of nitrogens with one attached hydrogen (secondary N) is 13. The van der Waals surface area contributed by atoms with Gasteiger partial charge in [0.2, 0.25) is 65.0 Å². The van der Waals surface area contributed by atoms with E-state index < -0.39 is 180 Å². The third-order valence-electron chi connectivity index (χ3n) is 15.3. The fraction of sp³-hybridized carbons (Fsp3) is 0.574. The zero-order chi connectivity index (χ0) is 71.8. The number of rotatable bonds is 43. The molecule has 34 heteroatoms. The first-order chi connectivity index (χ1) is 44.6. The van der Waals surface area contributed by atoms with Gasteiger partial charge in [0.05, 0.1) is 18.6 Å². The first kappa shape index (κ1) is 81.2. The van der Waals surface area contributed by atoms with E-state index in [1.54, 1.807) is 53.7 Å². The van der Waals surface area contributed by atoms with Crippen molar-refractivity contribution < 1.29 is 78.0 Å². The number of aliphatic hydroxyl groups is 1. The lowest BCUT2D eigenvalue weighted by atomic mass is 9.95. The van der Waals surface area contributed by atoms with E-state index in [0.29, 0.717) is 17.5 Å². The number of carboxylic acid groups (broad SMARTS) is 1. The minimum Gasteiger partial charge on any atom is -0.508 e. The van der Waals surface area contributed by atoms with Crippen LogP contribution in [0, 0.1) is 28.6 Å². The summed E-state index contributed by atoms with van der Waals surface area (Å²) < 4.78 is 0. The Balaban J connectivity index is 2.48. The lowest BCUT2D eigenvalue weighted by Crippen LogP contribution is -2.63. The Morgan fingerprint density at radius 2 is 0.811 bits per heavy atom. The number of primary amides is 2. The summed E-state index contributed by atoms with van der Waals surface area (Å²) in [6.45, 7) is 11.2. The van der Waals surface area contributed by atoms with Crippen molar-refractivity contribution >= 4 is 82.9 Å². The number of phenols is 2. The Morgan fingerprint density at radius 3 is 1.22 bits per heavy atom. The van der Waals surface area contributed by atoms with Gasteiger partial charge >= 0.3 is 5.97 Å². The number of hydrogen-bond donors (Lipinski definition) is 22. The number of carbonyl (C=O) groups excluding carboxylic acids is 11. The molecular weight excluding hydrogens is 1240 g/mol. The summed E-state index contributed by atoms with van der Waals surface area (Å²) in [5, 5.41) is 83.2. The van der Waals surface area contributed by atoms with Crippen LogP contribution in [-0.4, -0.2) is 183 Å². The number of hydrogen-bond acceptors (Lipinski definition) is 18. The van der Waals surface area contributed by atoms with Gasteiger partial charge in [-0.25, -0.2) is 4.79 Å². The van der Waals surface area contributed by atoms with Crippen LogP contribution in [0.1, 0.15) is 124 Å². The van der Waals surface area contributed by atoms with Crippen molar-refractivity contribution in [2.75, 3.05) is 13.1 Å². The molecule has 0 spiro atoms. The van der Waals surface area contributed by atoms with Gasteiger partial charge in [-0.05, 0) is 105 Å². The molecule has 13 atom stereocenters. The molecule has 0 aliphatic rings. The highest BCUT2D eigenvalue weighted by Gasteiger charge is 2.39. The molecule has 0 unspecified atom stereocenters. The van der Waals surface area contributed by atoms with Gasteiger partial charge in [0.1, 0.15) is 65.9 Å². The Hall–Kier alpha value is -9.86. The number of nitrogens with two attached hydrogens (primary N) is 5. The van der Waals surface area contributed by atoms with Gasteiger partial charge < -0.3 is 108 Å². The average Bonchev–Trinajstić information content (AvgIpc) is 0.947. The van der Waals surface area contributed by atoms with Crippen LogP contribution in [0.3, 0.4) is 0 Å². The molecule has 2 rings (SSSR count). The van der Waals surface area contributed by atoms with Crippen molar-refractivity contribution in [2.24, 2.45) is 46.4 Å². The van der Waals surface area contributed by atoms with Crippen LogP contribution in [0.4, 0.5) is 0 Å². The molecule has 0 saturated heterocycles. The van der Waals surface area contributed by atoms with Gasteiger partial charge in [0.25, 0.3) is 0 Å². The minimum absolute atomic E-state index is 0.000170. The molecule has 0 fully saturated rings. The zero-order valence-electron chi connectivity index (χ0n) is 54.7. The van der Waals surface area contributed by atoms with E-state index in [1.165, 1.54) is 36.4 Å². The highest BCUT2D eigenvalue weighted by molar-refractivity contribution is 6.00. The topological polar surface area (TPSA) is 596 Å². The van der Waals surface area contributed by atoms with Gasteiger partial charge in [-0.1, -0.05) is 78.6 Å². The van der Waals surface area contributed by atoms with Crippen molar-refractivity contribution in [1.82, 2.24) is 58.5 Å². The second-order valence-electron chi connectivity index (χ2n) is 23.8. The highest BCUT2D eigenvalue weighted by Crippen LogP contribution is 2.17. The van der Waals surface area contributed by atoms with Crippen molar-refractivity contribution in [1.29, 1.82) is 10.8 Å². The SMILES string of the molecule is CC[C@H](C)[C@H](NC(=O)[C@H](CC(C)C)NC(=O)[C@H](CC(N)=O)NC(=O)[C@@H](NC(=O)[C@@H](N)Cc1ccc(O)cc1)[C@@H](C)CC)C(=O)N[C@H](C(=O)N[C@@H](CCCNC(=N)N)C(=O)N[C@@H](CCC(N)=O)C(=O)N[C@@H](CCCNC(=N)N)C(=O)N[C@@H](Cc1ccc(O)cc1)C(=O)O)[C@@H](C)O. The van der Waals surface area contributed by atoms with Crippen LogP contribution in [-0.2, 0) is 70.4 Å². The number of carboxylic acids is 1. The largest absolute Gasteiger partial charge is 0.508 e. The third kappa shape index (κ3) is 30.2. The van der Waals surface area contributed by atoms with E-state index in [2.05, 4.69) is 58.5 Å². The van der Waals surface area contributed by atoms with Crippen molar-refractivity contribution in [3.63, 3.8) is 0 Å². The Kier molecular flexibility index (Phi) is 35.0. The minimum atomic E-state index is -1.88. The molecule has 0 aliphatic heterocycles. The molecule has 528 valence electrons. The number of benzene rings is 2. The summed E-state index contributed by atoms with van der Waals surface area (Å²) in [6, 6.07) is -3.88. The smallest absolute Gasteiger partial charge is 0.326 e. The third-order valence-corrected chi connectivity index (χ3v) is 15.3. The van der Waals surface area contributed by atoms with Gasteiger partial charge in [-0.2, -0.15) is 0 Å².